The van der Waals surface area contributed by atoms with E-state index >= 15 is 0 Å². The summed E-state index contributed by atoms with van der Waals surface area (Å²) in [5.74, 6) is 1.38. The van der Waals surface area contributed by atoms with Crippen LogP contribution in [0.2, 0.25) is 0 Å². The summed E-state index contributed by atoms with van der Waals surface area (Å²) >= 11 is 0. The standard InChI is InChI=1S/C17H19N5O2/c1-9-6-10(2)14-11(7-9)13(4-5-24-14)19-17-20-15-12(16(23)21-17)8-18-22(15)3/h6-8,13H,4-5H2,1-3H3,(H2,19,20,21,23)/t13-/m0/s1. The number of hydrogen-bond donors (Lipinski definition) is 2. The largest absolute Gasteiger partial charge is 0.493 e. The maximum Gasteiger partial charge on any atom is 0.263 e. The molecule has 0 amide bonds. The van der Waals surface area contributed by atoms with E-state index in [-0.39, 0.29) is 11.6 Å². The van der Waals surface area contributed by atoms with E-state index < -0.39 is 0 Å². The van der Waals surface area contributed by atoms with Crippen LogP contribution in [0.25, 0.3) is 11.0 Å². The molecule has 7 nitrogen and oxygen atoms in total. The molecule has 0 fully saturated rings. The van der Waals surface area contributed by atoms with Gasteiger partial charge in [0.1, 0.15) is 11.1 Å². The third kappa shape index (κ3) is 2.33. The molecule has 0 radical (unpaired) electrons. The molecule has 24 heavy (non-hydrogen) atoms. The molecule has 124 valence electrons. The average molecular weight is 325 g/mol. The number of nitrogens with one attached hydrogen (secondary N) is 2. The van der Waals surface area contributed by atoms with Crippen LogP contribution in [0.3, 0.4) is 0 Å². The summed E-state index contributed by atoms with van der Waals surface area (Å²) in [7, 11) is 1.77. The lowest BCUT2D eigenvalue weighted by Gasteiger charge is -2.28. The SMILES string of the molecule is Cc1cc(C)c2c(c1)[C@@H](Nc1nc3c(cnn3C)c(=O)[nH]1)CCO2. The molecule has 1 aromatic carbocycles. The second kappa shape index (κ2) is 5.36. The maximum atomic E-state index is 12.2. The predicted octanol–water partition coefficient (Wildman–Crippen LogP) is 2.21. The normalized spacial score (nSPS) is 16.7. The molecular formula is C17H19N5O2. The summed E-state index contributed by atoms with van der Waals surface area (Å²) in [5.41, 5.74) is 3.79. The number of aryl methyl sites for hydroxylation is 3. The first-order chi connectivity index (χ1) is 11.5. The van der Waals surface area contributed by atoms with Crippen molar-refractivity contribution in [3.63, 3.8) is 0 Å². The van der Waals surface area contributed by atoms with Crippen LogP contribution in [0.15, 0.2) is 23.1 Å². The molecule has 2 N–H and O–H groups in total. The molecule has 2 aromatic heterocycles. The number of fused-ring (bicyclic) bond motifs is 2. The molecule has 0 saturated heterocycles. The topological polar surface area (TPSA) is 84.8 Å². The molecule has 0 saturated carbocycles. The van der Waals surface area contributed by atoms with Gasteiger partial charge in [-0.15, -0.1) is 0 Å². The van der Waals surface area contributed by atoms with E-state index in [2.05, 4.69) is 46.4 Å². The fraction of sp³-hybridized carbons (Fsp3) is 0.353. The third-order valence-corrected chi connectivity index (χ3v) is 4.39. The van der Waals surface area contributed by atoms with Crippen molar-refractivity contribution in [1.82, 2.24) is 19.7 Å². The molecule has 3 aromatic rings. The molecular weight excluding hydrogens is 306 g/mol. The van der Waals surface area contributed by atoms with Crippen LogP contribution in [-0.4, -0.2) is 26.4 Å². The van der Waals surface area contributed by atoms with Crippen LogP contribution in [0.4, 0.5) is 5.95 Å². The van der Waals surface area contributed by atoms with E-state index in [1.807, 2.05) is 0 Å². The van der Waals surface area contributed by atoms with Gasteiger partial charge in [0.25, 0.3) is 5.56 Å². The third-order valence-electron chi connectivity index (χ3n) is 4.39. The Kier molecular flexibility index (Phi) is 3.30. The van der Waals surface area contributed by atoms with Crippen molar-refractivity contribution in [2.24, 2.45) is 7.05 Å². The number of H-pyrrole nitrogens is 1. The van der Waals surface area contributed by atoms with E-state index in [0.717, 1.165) is 23.3 Å². The quantitative estimate of drug-likeness (QED) is 0.754. The Labute approximate surface area is 138 Å². The number of anilines is 1. The summed E-state index contributed by atoms with van der Waals surface area (Å²) in [5, 5.41) is 7.93. The summed E-state index contributed by atoms with van der Waals surface area (Å²) in [6.07, 6.45) is 2.34. The molecule has 7 heteroatoms. The number of aromatic nitrogens is 4. The highest BCUT2D eigenvalue weighted by atomic mass is 16.5. The highest BCUT2D eigenvalue weighted by Gasteiger charge is 2.24. The lowest BCUT2D eigenvalue weighted by molar-refractivity contribution is 0.272. The van der Waals surface area contributed by atoms with Gasteiger partial charge in [-0.1, -0.05) is 17.7 Å². The second-order valence-electron chi connectivity index (χ2n) is 6.25. The van der Waals surface area contributed by atoms with Crippen molar-refractivity contribution in [3.8, 4) is 5.75 Å². The second-order valence-corrected chi connectivity index (χ2v) is 6.25. The van der Waals surface area contributed by atoms with E-state index in [4.69, 9.17) is 4.74 Å². The number of hydrogen-bond acceptors (Lipinski definition) is 5. The summed E-state index contributed by atoms with van der Waals surface area (Å²) in [6, 6.07) is 4.28. The van der Waals surface area contributed by atoms with Gasteiger partial charge in [0.05, 0.1) is 18.8 Å². The summed E-state index contributed by atoms with van der Waals surface area (Å²) < 4.78 is 7.43. The Morgan fingerprint density at radius 2 is 2.21 bits per heavy atom. The Hall–Kier alpha value is -2.83. The number of nitrogens with zero attached hydrogens (tertiary/aromatic N) is 3. The minimum Gasteiger partial charge on any atom is -0.493 e. The van der Waals surface area contributed by atoms with E-state index in [9.17, 15) is 4.79 Å². The first-order valence-corrected chi connectivity index (χ1v) is 7.95. The van der Waals surface area contributed by atoms with Crippen LogP contribution >= 0.6 is 0 Å². The fourth-order valence-electron chi connectivity index (χ4n) is 3.29. The van der Waals surface area contributed by atoms with Crippen molar-refractivity contribution in [2.45, 2.75) is 26.3 Å². The minimum absolute atomic E-state index is 0.0428. The van der Waals surface area contributed by atoms with Crippen LogP contribution in [0.1, 0.15) is 29.2 Å². The van der Waals surface area contributed by atoms with Gasteiger partial charge >= 0.3 is 0 Å². The zero-order chi connectivity index (χ0) is 16.8. The van der Waals surface area contributed by atoms with Gasteiger partial charge in [0.15, 0.2) is 5.65 Å². The average Bonchev–Trinajstić information content (AvgIpc) is 2.90. The minimum atomic E-state index is -0.191. The Bertz CT molecular complexity index is 989. The van der Waals surface area contributed by atoms with Crippen LogP contribution in [-0.2, 0) is 7.05 Å². The molecule has 0 unspecified atom stereocenters. The van der Waals surface area contributed by atoms with Gasteiger partial charge in [-0.05, 0) is 19.4 Å². The maximum absolute atomic E-state index is 12.2. The predicted molar refractivity (Wildman–Crippen MR) is 91.5 cm³/mol. The molecule has 1 atom stereocenters. The van der Waals surface area contributed by atoms with Crippen LogP contribution in [0.5, 0.6) is 5.75 Å². The van der Waals surface area contributed by atoms with E-state index in [0.29, 0.717) is 23.6 Å². The van der Waals surface area contributed by atoms with Crippen LogP contribution in [0, 0.1) is 13.8 Å². The van der Waals surface area contributed by atoms with Gasteiger partial charge in [-0.3, -0.25) is 14.5 Å². The lowest BCUT2D eigenvalue weighted by Crippen LogP contribution is -2.23. The van der Waals surface area contributed by atoms with Crippen molar-refractivity contribution < 1.29 is 4.74 Å². The fourth-order valence-corrected chi connectivity index (χ4v) is 3.29. The first kappa shape index (κ1) is 14.7. The van der Waals surface area contributed by atoms with E-state index in [1.165, 1.54) is 11.8 Å². The van der Waals surface area contributed by atoms with Gasteiger partial charge in [0.2, 0.25) is 5.95 Å². The summed E-state index contributed by atoms with van der Waals surface area (Å²) in [6.45, 7) is 4.75. The molecule has 0 aliphatic carbocycles. The zero-order valence-corrected chi connectivity index (χ0v) is 13.9. The van der Waals surface area contributed by atoms with Gasteiger partial charge in [0, 0.05) is 19.0 Å². The van der Waals surface area contributed by atoms with Crippen molar-refractivity contribution >= 4 is 17.0 Å². The van der Waals surface area contributed by atoms with Crippen LogP contribution < -0.4 is 15.6 Å². The molecule has 0 bridgehead atoms. The number of ether oxygens (including phenoxy) is 1. The van der Waals surface area contributed by atoms with Crippen molar-refractivity contribution in [2.75, 3.05) is 11.9 Å². The lowest BCUT2D eigenvalue weighted by atomic mass is 9.96. The van der Waals surface area contributed by atoms with Crippen molar-refractivity contribution in [3.05, 3.63) is 45.4 Å². The Morgan fingerprint density at radius 3 is 3.04 bits per heavy atom. The van der Waals surface area contributed by atoms with Crippen molar-refractivity contribution in [1.29, 1.82) is 0 Å². The van der Waals surface area contributed by atoms with Gasteiger partial charge in [-0.25, -0.2) is 0 Å². The Balaban J connectivity index is 1.75. The molecule has 1 aliphatic heterocycles. The smallest absolute Gasteiger partial charge is 0.263 e. The zero-order valence-electron chi connectivity index (χ0n) is 13.9. The molecule has 1 aliphatic rings. The van der Waals surface area contributed by atoms with E-state index in [1.54, 1.807) is 11.7 Å². The summed E-state index contributed by atoms with van der Waals surface area (Å²) in [4.78, 5) is 19.5. The number of benzene rings is 1. The highest BCUT2D eigenvalue weighted by molar-refractivity contribution is 5.74. The molecule has 4 rings (SSSR count). The molecule has 3 heterocycles. The molecule has 0 spiro atoms. The first-order valence-electron chi connectivity index (χ1n) is 7.95. The van der Waals surface area contributed by atoms with Gasteiger partial charge in [-0.2, -0.15) is 10.1 Å². The number of aromatic amines is 1. The van der Waals surface area contributed by atoms with Gasteiger partial charge < -0.3 is 10.1 Å². The highest BCUT2D eigenvalue weighted by Crippen LogP contribution is 2.37. The Morgan fingerprint density at radius 1 is 1.38 bits per heavy atom. The monoisotopic (exact) mass is 325 g/mol. The number of rotatable bonds is 2.